The number of rotatable bonds is 6. The normalized spacial score (nSPS) is 12.0. The summed E-state index contributed by atoms with van der Waals surface area (Å²) in [5.41, 5.74) is 11.2. The van der Waals surface area contributed by atoms with Gasteiger partial charge in [-0.05, 0) is 100 Å². The fourth-order valence-corrected chi connectivity index (χ4v) is 9.43. The monoisotopic (exact) mass is 734 g/mol. The molecule has 9 aromatic carbocycles. The molecule has 0 unspecified atom stereocenters. The first-order valence-corrected chi connectivity index (χ1v) is 19.7. The minimum absolute atomic E-state index is 0.831. The fraction of sp³-hybridized carbons (Fsp3) is 0. The minimum Gasteiger partial charge on any atom is -0.453 e. The van der Waals surface area contributed by atoms with E-state index >= 15 is 0 Å². The van der Waals surface area contributed by atoms with E-state index in [0.29, 0.717) is 0 Å². The van der Waals surface area contributed by atoms with E-state index in [-0.39, 0.29) is 0 Å². The molecule has 2 heterocycles. The predicted molar refractivity (Wildman–Crippen MR) is 237 cm³/mol. The van der Waals surface area contributed by atoms with Crippen molar-refractivity contribution in [3.05, 3.63) is 206 Å². The zero-order valence-electron chi connectivity index (χ0n) is 30.3. The van der Waals surface area contributed by atoms with Crippen LogP contribution in [0.5, 0.6) is 11.5 Å². The molecule has 0 bridgehead atoms. The first-order valence-electron chi connectivity index (χ1n) is 18.9. The molecule has 0 amide bonds. The quantitative estimate of drug-likeness (QED) is 0.169. The predicted octanol–water partition coefficient (Wildman–Crippen LogP) is 15.6. The fourth-order valence-electron chi connectivity index (χ4n) is 8.19. The Labute approximate surface area is 329 Å². The maximum absolute atomic E-state index is 6.54. The van der Waals surface area contributed by atoms with E-state index < -0.39 is 0 Å². The lowest BCUT2D eigenvalue weighted by Crippen LogP contribution is -2.15. The van der Waals surface area contributed by atoms with E-state index in [1.54, 1.807) is 0 Å². The third-order valence-corrected chi connectivity index (χ3v) is 12.1. The second-order valence-corrected chi connectivity index (χ2v) is 15.2. The van der Waals surface area contributed by atoms with Crippen LogP contribution in [0.25, 0.3) is 53.2 Å². The molecule has 1 aliphatic heterocycles. The summed E-state index contributed by atoms with van der Waals surface area (Å²) >= 11 is 1.87. The molecule has 0 fully saturated rings. The van der Waals surface area contributed by atoms with Gasteiger partial charge in [-0.15, -0.1) is 11.3 Å². The Hall–Kier alpha value is -7.14. The van der Waals surface area contributed by atoms with Crippen molar-refractivity contribution in [2.75, 3.05) is 9.80 Å². The lowest BCUT2D eigenvalue weighted by Gasteiger charge is -2.33. The average Bonchev–Trinajstić information content (AvgIpc) is 3.65. The van der Waals surface area contributed by atoms with Gasteiger partial charge < -0.3 is 14.5 Å². The highest BCUT2D eigenvalue weighted by atomic mass is 32.1. The lowest BCUT2D eigenvalue weighted by atomic mass is 10.0. The third-order valence-electron chi connectivity index (χ3n) is 10.8. The highest BCUT2D eigenvalue weighted by Crippen LogP contribution is 2.51. The second-order valence-electron chi connectivity index (χ2n) is 14.1. The molecule has 0 spiro atoms. The molecule has 0 N–H and O–H groups in total. The first kappa shape index (κ1) is 32.3. The van der Waals surface area contributed by atoms with E-state index in [2.05, 4.69) is 198 Å². The number of hydrogen-bond donors (Lipinski definition) is 0. The molecule has 11 rings (SSSR count). The summed E-state index contributed by atoms with van der Waals surface area (Å²) in [6, 6.07) is 73.8. The number of hydrogen-bond acceptors (Lipinski definition) is 4. The summed E-state index contributed by atoms with van der Waals surface area (Å²) in [6.45, 7) is 0. The Morgan fingerprint density at radius 1 is 0.429 bits per heavy atom. The topological polar surface area (TPSA) is 15.7 Å². The SMILES string of the molecule is c1ccc(N2c3ccccc3Oc3cc(-c4ccc(N(c5ccc(-c6cccc7c6sc6ccccc67)cc5)c5cccc6ccccc56)cc4)ccc32)cc1. The van der Waals surface area contributed by atoms with Gasteiger partial charge in [0.15, 0.2) is 11.5 Å². The van der Waals surface area contributed by atoms with Gasteiger partial charge in [0.2, 0.25) is 0 Å². The molecular weight excluding hydrogens is 701 g/mol. The summed E-state index contributed by atoms with van der Waals surface area (Å²) in [5, 5.41) is 5.04. The Balaban J connectivity index is 0.979. The van der Waals surface area contributed by atoms with E-state index in [1.807, 2.05) is 29.5 Å². The number of fused-ring (bicyclic) bond motifs is 6. The van der Waals surface area contributed by atoms with E-state index in [1.165, 1.54) is 42.1 Å². The maximum atomic E-state index is 6.54. The van der Waals surface area contributed by atoms with Crippen LogP contribution in [-0.2, 0) is 0 Å². The van der Waals surface area contributed by atoms with Crippen LogP contribution >= 0.6 is 11.3 Å². The Morgan fingerprint density at radius 3 is 1.89 bits per heavy atom. The van der Waals surface area contributed by atoms with E-state index in [0.717, 1.165) is 56.8 Å². The van der Waals surface area contributed by atoms with Crippen molar-refractivity contribution < 1.29 is 4.74 Å². The zero-order valence-corrected chi connectivity index (χ0v) is 31.2. The van der Waals surface area contributed by atoms with E-state index in [9.17, 15) is 0 Å². The molecule has 4 heteroatoms. The largest absolute Gasteiger partial charge is 0.453 e. The minimum atomic E-state index is 0.831. The van der Waals surface area contributed by atoms with E-state index in [4.69, 9.17) is 4.74 Å². The maximum Gasteiger partial charge on any atom is 0.152 e. The summed E-state index contributed by atoms with van der Waals surface area (Å²) in [6.07, 6.45) is 0. The molecule has 3 nitrogen and oxygen atoms in total. The molecule has 0 saturated heterocycles. The van der Waals surface area contributed by atoms with Crippen LogP contribution in [0, 0.1) is 0 Å². The van der Waals surface area contributed by atoms with Gasteiger partial charge in [-0.1, -0.05) is 133 Å². The molecular formula is C52H34N2OS. The second kappa shape index (κ2) is 13.3. The van der Waals surface area contributed by atoms with Crippen LogP contribution in [0.15, 0.2) is 206 Å². The van der Waals surface area contributed by atoms with Gasteiger partial charge >= 0.3 is 0 Å². The van der Waals surface area contributed by atoms with Crippen LogP contribution in [0.4, 0.5) is 34.1 Å². The van der Waals surface area contributed by atoms with Crippen LogP contribution in [0.2, 0.25) is 0 Å². The molecule has 0 atom stereocenters. The van der Waals surface area contributed by atoms with Crippen molar-refractivity contribution in [2.45, 2.75) is 0 Å². The Morgan fingerprint density at radius 2 is 1.05 bits per heavy atom. The van der Waals surface area contributed by atoms with Crippen LogP contribution in [0.1, 0.15) is 0 Å². The first-order chi connectivity index (χ1) is 27.8. The number of nitrogens with zero attached hydrogens (tertiary/aromatic N) is 2. The molecule has 1 aliphatic rings. The number of benzene rings is 9. The number of para-hydroxylation sites is 3. The van der Waals surface area contributed by atoms with Crippen molar-refractivity contribution in [3.63, 3.8) is 0 Å². The third kappa shape index (κ3) is 5.42. The van der Waals surface area contributed by atoms with Gasteiger partial charge in [-0.25, -0.2) is 0 Å². The van der Waals surface area contributed by atoms with Crippen LogP contribution < -0.4 is 14.5 Å². The highest BCUT2D eigenvalue weighted by Gasteiger charge is 2.26. The molecule has 10 aromatic rings. The summed E-state index contributed by atoms with van der Waals surface area (Å²) < 4.78 is 9.19. The summed E-state index contributed by atoms with van der Waals surface area (Å²) in [4.78, 5) is 4.65. The highest BCUT2D eigenvalue weighted by molar-refractivity contribution is 7.26. The van der Waals surface area contributed by atoms with Crippen molar-refractivity contribution in [1.82, 2.24) is 0 Å². The molecule has 1 aromatic heterocycles. The number of ether oxygens (including phenoxy) is 1. The molecule has 0 saturated carbocycles. The lowest BCUT2D eigenvalue weighted by molar-refractivity contribution is 0.477. The Kier molecular flexibility index (Phi) is 7.68. The zero-order chi connectivity index (χ0) is 37.0. The number of anilines is 6. The molecule has 0 radical (unpaired) electrons. The summed E-state index contributed by atoms with van der Waals surface area (Å²) in [5.74, 6) is 1.67. The van der Waals surface area contributed by atoms with Gasteiger partial charge in [-0.2, -0.15) is 0 Å². The van der Waals surface area contributed by atoms with Gasteiger partial charge in [0.1, 0.15) is 0 Å². The molecule has 264 valence electrons. The summed E-state index contributed by atoms with van der Waals surface area (Å²) in [7, 11) is 0. The average molecular weight is 735 g/mol. The Bertz CT molecular complexity index is 3050. The van der Waals surface area contributed by atoms with Crippen molar-refractivity contribution in [1.29, 1.82) is 0 Å². The van der Waals surface area contributed by atoms with Crippen molar-refractivity contribution >= 4 is 76.4 Å². The standard InChI is InChI=1S/C52H34N2OS/c1-2-14-39(15-3-1)54-47-20-7-8-22-49(47)55-50-34-38(28-33-48(50)54)35-24-29-40(30-25-35)53(46-21-10-13-36-12-4-5-16-42(36)46)41-31-26-37(27-32-41)43-18-11-19-45-44-17-6-9-23-51(44)56-52(43)45/h1-34H. The van der Waals surface area contributed by atoms with Gasteiger partial charge in [0.05, 0.1) is 17.1 Å². The molecule has 0 aliphatic carbocycles. The molecule has 56 heavy (non-hydrogen) atoms. The van der Waals surface area contributed by atoms with Gasteiger partial charge in [0, 0.05) is 42.6 Å². The van der Waals surface area contributed by atoms with Crippen LogP contribution in [-0.4, -0.2) is 0 Å². The van der Waals surface area contributed by atoms with Gasteiger partial charge in [-0.3, -0.25) is 0 Å². The van der Waals surface area contributed by atoms with Crippen LogP contribution in [0.3, 0.4) is 0 Å². The van der Waals surface area contributed by atoms with Crippen molar-refractivity contribution in [2.24, 2.45) is 0 Å². The number of thiophene rings is 1. The smallest absolute Gasteiger partial charge is 0.152 e. The van der Waals surface area contributed by atoms with Gasteiger partial charge in [0.25, 0.3) is 0 Å². The van der Waals surface area contributed by atoms with Crippen molar-refractivity contribution in [3.8, 4) is 33.8 Å².